The van der Waals surface area contributed by atoms with Crippen molar-refractivity contribution in [2.24, 2.45) is 17.1 Å². The molecule has 0 aliphatic heterocycles. The average Bonchev–Trinajstić information content (AvgIpc) is 3.42. The molecule has 154 valence electrons. The first kappa shape index (κ1) is 20.1. The maximum absolute atomic E-state index is 13.4. The van der Waals surface area contributed by atoms with Crippen LogP contribution in [-0.2, 0) is 19.4 Å². The van der Waals surface area contributed by atoms with Gasteiger partial charge in [0.2, 0.25) is 5.91 Å². The highest BCUT2D eigenvalue weighted by Gasteiger charge is 2.35. The topological polar surface area (TPSA) is 63.4 Å². The van der Waals surface area contributed by atoms with Crippen LogP contribution in [-0.4, -0.2) is 22.8 Å². The Morgan fingerprint density at radius 1 is 1.14 bits per heavy atom. The molecule has 5 heteroatoms. The van der Waals surface area contributed by atoms with Gasteiger partial charge < -0.3 is 10.6 Å². The van der Waals surface area contributed by atoms with E-state index in [1.54, 1.807) is 23.5 Å². The fourth-order valence-electron chi connectivity index (χ4n) is 4.23. The highest BCUT2D eigenvalue weighted by molar-refractivity contribution is 7.14. The molecule has 0 radical (unpaired) electrons. The smallest absolute Gasteiger partial charge is 0.264 e. The molecule has 1 aromatic carbocycles. The normalized spacial score (nSPS) is 18.9. The first-order chi connectivity index (χ1) is 13.7. The van der Waals surface area contributed by atoms with Crippen LogP contribution in [0.1, 0.15) is 76.1 Å². The number of nitrogens with zero attached hydrogens (tertiary/aromatic N) is 1. The van der Waals surface area contributed by atoms with E-state index in [0.717, 1.165) is 36.1 Å². The summed E-state index contributed by atoms with van der Waals surface area (Å²) in [5.41, 5.74) is 8.55. The number of fused-ring (bicyclic) bond motifs is 1. The molecule has 2 amide bonds. The van der Waals surface area contributed by atoms with Crippen molar-refractivity contribution in [2.75, 3.05) is 0 Å². The van der Waals surface area contributed by atoms with E-state index in [-0.39, 0.29) is 5.91 Å². The summed E-state index contributed by atoms with van der Waals surface area (Å²) >= 11 is 1.69. The molecule has 4 rings (SSSR count). The van der Waals surface area contributed by atoms with E-state index in [0.29, 0.717) is 29.5 Å². The Morgan fingerprint density at radius 2 is 1.83 bits per heavy atom. The van der Waals surface area contributed by atoms with Gasteiger partial charge >= 0.3 is 0 Å². The molecule has 0 saturated heterocycles. The molecule has 1 aromatic heterocycles. The monoisotopic (exact) mass is 410 g/mol. The van der Waals surface area contributed by atoms with E-state index in [1.165, 1.54) is 16.9 Å². The van der Waals surface area contributed by atoms with Crippen molar-refractivity contribution in [2.45, 2.75) is 65.5 Å². The van der Waals surface area contributed by atoms with E-state index in [1.807, 2.05) is 17.0 Å². The molecule has 1 fully saturated rings. The molecule has 4 nitrogen and oxygen atoms in total. The maximum atomic E-state index is 13.4. The summed E-state index contributed by atoms with van der Waals surface area (Å²) in [6.45, 7) is 7.54. The van der Waals surface area contributed by atoms with Gasteiger partial charge in [0.25, 0.3) is 5.91 Å². The number of carbonyl (C=O) groups excluding carboxylic acids is 2. The molecule has 2 aromatic rings. The van der Waals surface area contributed by atoms with Crippen molar-refractivity contribution in [3.05, 3.63) is 56.8 Å². The molecule has 0 unspecified atom stereocenters. The van der Waals surface area contributed by atoms with Gasteiger partial charge in [-0.25, -0.2) is 0 Å². The van der Waals surface area contributed by atoms with Crippen LogP contribution in [0.2, 0.25) is 0 Å². The third-order valence-electron chi connectivity index (χ3n) is 6.36. The van der Waals surface area contributed by atoms with Crippen LogP contribution >= 0.6 is 11.3 Å². The lowest BCUT2D eigenvalue weighted by molar-refractivity contribution is 0.0734. The molecular formula is C24H30N2O2S. The van der Waals surface area contributed by atoms with E-state index in [4.69, 9.17) is 5.73 Å². The number of amides is 2. The fraction of sp³-hybridized carbons (Fsp3) is 0.500. The Labute approximate surface area is 177 Å². The Morgan fingerprint density at radius 3 is 2.41 bits per heavy atom. The second-order valence-corrected chi connectivity index (χ2v) is 10.7. The third-order valence-corrected chi connectivity index (χ3v) is 7.58. The quantitative estimate of drug-likeness (QED) is 0.769. The molecule has 29 heavy (non-hydrogen) atoms. The molecular weight excluding hydrogens is 380 g/mol. The van der Waals surface area contributed by atoms with Crippen LogP contribution < -0.4 is 5.73 Å². The van der Waals surface area contributed by atoms with Crippen LogP contribution in [0.15, 0.2) is 30.3 Å². The number of carbonyl (C=O) groups is 2. The standard InChI is InChI=1S/C24H30N2O2S/c1-24(2,3)18-8-11-20-17(12-18)13-21(29-20)23(28)26(19-9-10-19)14-15-4-6-16(7-5-15)22(25)27/h4-7,13,18-19H,8-12,14H2,1-3H3,(H2,25,27)/t18-/m0/s1. The maximum Gasteiger partial charge on any atom is 0.264 e. The molecule has 1 heterocycles. The van der Waals surface area contributed by atoms with Crippen molar-refractivity contribution in [3.8, 4) is 0 Å². The largest absolute Gasteiger partial charge is 0.366 e. The Bertz CT molecular complexity index is 919. The van der Waals surface area contributed by atoms with Crippen LogP contribution in [0.25, 0.3) is 0 Å². The third kappa shape index (κ3) is 4.40. The molecule has 2 aliphatic carbocycles. The Hall–Kier alpha value is -2.14. The van der Waals surface area contributed by atoms with Crippen LogP contribution in [0.3, 0.4) is 0 Å². The molecule has 1 atom stereocenters. The number of hydrogen-bond acceptors (Lipinski definition) is 3. The zero-order valence-electron chi connectivity index (χ0n) is 17.5. The van der Waals surface area contributed by atoms with Crippen LogP contribution in [0.4, 0.5) is 0 Å². The highest BCUT2D eigenvalue weighted by atomic mass is 32.1. The van der Waals surface area contributed by atoms with Gasteiger partial charge in [-0.1, -0.05) is 32.9 Å². The van der Waals surface area contributed by atoms with Gasteiger partial charge in [-0.05, 0) is 72.8 Å². The lowest BCUT2D eigenvalue weighted by Crippen LogP contribution is -2.32. The number of thiophene rings is 1. The number of hydrogen-bond donors (Lipinski definition) is 1. The van der Waals surface area contributed by atoms with Crippen molar-refractivity contribution >= 4 is 23.2 Å². The van der Waals surface area contributed by atoms with Gasteiger partial charge in [0.1, 0.15) is 0 Å². The summed E-state index contributed by atoms with van der Waals surface area (Å²) in [7, 11) is 0. The summed E-state index contributed by atoms with van der Waals surface area (Å²) in [6.07, 6.45) is 5.53. The number of benzene rings is 1. The van der Waals surface area contributed by atoms with Crippen molar-refractivity contribution < 1.29 is 9.59 Å². The van der Waals surface area contributed by atoms with Crippen molar-refractivity contribution in [3.63, 3.8) is 0 Å². The fourth-order valence-corrected chi connectivity index (χ4v) is 5.40. The van der Waals surface area contributed by atoms with Gasteiger partial charge in [-0.3, -0.25) is 9.59 Å². The zero-order chi connectivity index (χ0) is 20.8. The minimum Gasteiger partial charge on any atom is -0.366 e. The van der Waals surface area contributed by atoms with E-state index in [9.17, 15) is 9.59 Å². The van der Waals surface area contributed by atoms with Crippen LogP contribution in [0, 0.1) is 11.3 Å². The van der Waals surface area contributed by atoms with Crippen LogP contribution in [0.5, 0.6) is 0 Å². The minimum absolute atomic E-state index is 0.151. The van der Waals surface area contributed by atoms with Crippen molar-refractivity contribution in [1.82, 2.24) is 4.90 Å². The number of nitrogens with two attached hydrogens (primary N) is 1. The average molecular weight is 411 g/mol. The van der Waals surface area contributed by atoms with Crippen molar-refractivity contribution in [1.29, 1.82) is 0 Å². The summed E-state index contributed by atoms with van der Waals surface area (Å²) in [5.74, 6) is 0.401. The number of aryl methyl sites for hydroxylation is 1. The Balaban J connectivity index is 1.51. The van der Waals surface area contributed by atoms with Gasteiger partial charge in [-0.15, -0.1) is 11.3 Å². The first-order valence-electron chi connectivity index (χ1n) is 10.5. The zero-order valence-corrected chi connectivity index (χ0v) is 18.3. The van der Waals surface area contributed by atoms with Gasteiger partial charge in [0, 0.05) is 23.0 Å². The summed E-state index contributed by atoms with van der Waals surface area (Å²) in [5, 5.41) is 0. The second-order valence-electron chi connectivity index (χ2n) is 9.59. The summed E-state index contributed by atoms with van der Waals surface area (Å²) in [6, 6.07) is 9.77. The van der Waals surface area contributed by atoms with E-state index < -0.39 is 5.91 Å². The molecule has 0 bridgehead atoms. The van der Waals surface area contributed by atoms with E-state index >= 15 is 0 Å². The molecule has 2 aliphatic rings. The summed E-state index contributed by atoms with van der Waals surface area (Å²) < 4.78 is 0. The minimum atomic E-state index is -0.426. The highest BCUT2D eigenvalue weighted by Crippen LogP contribution is 2.41. The van der Waals surface area contributed by atoms with Gasteiger partial charge in [0.05, 0.1) is 4.88 Å². The number of primary amides is 1. The Kier molecular flexibility index (Phi) is 5.28. The predicted molar refractivity (Wildman–Crippen MR) is 117 cm³/mol. The lowest BCUT2D eigenvalue weighted by atomic mass is 9.72. The second kappa shape index (κ2) is 7.60. The molecule has 0 spiro atoms. The summed E-state index contributed by atoms with van der Waals surface area (Å²) in [4.78, 5) is 28.9. The lowest BCUT2D eigenvalue weighted by Gasteiger charge is -2.33. The van der Waals surface area contributed by atoms with Gasteiger partial charge in [0.15, 0.2) is 0 Å². The predicted octanol–water partition coefficient (Wildman–Crippen LogP) is 4.80. The first-order valence-corrected chi connectivity index (χ1v) is 11.4. The number of rotatable bonds is 5. The SMILES string of the molecule is CC(C)(C)[C@H]1CCc2sc(C(=O)N(Cc3ccc(C(N)=O)cc3)C3CC3)cc2C1. The van der Waals surface area contributed by atoms with E-state index in [2.05, 4.69) is 26.8 Å². The molecule has 1 saturated carbocycles. The van der Waals surface area contributed by atoms with Gasteiger partial charge in [-0.2, -0.15) is 0 Å². The molecule has 2 N–H and O–H groups in total.